The monoisotopic (exact) mass is 256 g/mol. The number of aliphatic hydroxyl groups excluding tert-OH is 1. The Labute approximate surface area is 101 Å². The largest absolute Gasteiger partial charge is 0.391 e. The van der Waals surface area contributed by atoms with E-state index in [2.05, 4.69) is 4.72 Å². The van der Waals surface area contributed by atoms with Crippen molar-refractivity contribution in [2.75, 3.05) is 25.0 Å². The molecular weight excluding hydrogens is 240 g/mol. The third-order valence-corrected chi connectivity index (χ3v) is 4.39. The molecule has 0 saturated carbocycles. The summed E-state index contributed by atoms with van der Waals surface area (Å²) in [6.45, 7) is 1.16. The third-order valence-electron chi connectivity index (χ3n) is 2.93. The van der Waals surface area contributed by atoms with Gasteiger partial charge in [-0.15, -0.1) is 0 Å². The van der Waals surface area contributed by atoms with E-state index in [1.54, 1.807) is 24.3 Å². The lowest BCUT2D eigenvalue weighted by molar-refractivity contribution is 0.198. The van der Waals surface area contributed by atoms with Crippen LogP contribution in [0.1, 0.15) is 6.42 Å². The van der Waals surface area contributed by atoms with Gasteiger partial charge >= 0.3 is 0 Å². The molecule has 1 aliphatic heterocycles. The number of hydrogen-bond acceptors (Lipinski definition) is 4. The number of hydrogen-bond donors (Lipinski definition) is 2. The molecule has 1 aliphatic rings. The highest BCUT2D eigenvalue weighted by molar-refractivity contribution is 7.89. The van der Waals surface area contributed by atoms with Crippen LogP contribution < -0.4 is 9.62 Å². The predicted octanol–water partition coefficient (Wildman–Crippen LogP) is 0.166. The summed E-state index contributed by atoms with van der Waals surface area (Å²) in [6.07, 6.45) is 0.300. The Kier molecular flexibility index (Phi) is 3.37. The molecule has 2 N–H and O–H groups in total. The number of anilines is 1. The molecule has 5 nitrogen and oxygen atoms in total. The van der Waals surface area contributed by atoms with Crippen molar-refractivity contribution in [3.63, 3.8) is 0 Å². The van der Waals surface area contributed by atoms with Crippen molar-refractivity contribution in [1.82, 2.24) is 4.72 Å². The Bertz CT molecular complexity index is 501. The van der Waals surface area contributed by atoms with Crippen LogP contribution in [-0.2, 0) is 10.0 Å². The van der Waals surface area contributed by atoms with Crippen molar-refractivity contribution < 1.29 is 13.5 Å². The van der Waals surface area contributed by atoms with Gasteiger partial charge in [0.05, 0.1) is 11.8 Å². The maximum atomic E-state index is 11.9. The van der Waals surface area contributed by atoms with Gasteiger partial charge in [0.1, 0.15) is 4.90 Å². The van der Waals surface area contributed by atoms with Gasteiger partial charge in [0.2, 0.25) is 10.0 Å². The van der Waals surface area contributed by atoms with E-state index in [-0.39, 0.29) is 11.0 Å². The topological polar surface area (TPSA) is 69.6 Å². The van der Waals surface area contributed by atoms with Crippen LogP contribution in [0.3, 0.4) is 0 Å². The number of nitrogens with one attached hydrogen (secondary N) is 1. The second-order valence-electron chi connectivity index (χ2n) is 4.06. The Hall–Kier alpha value is -1.11. The molecule has 0 aliphatic carbocycles. The highest BCUT2D eigenvalue weighted by Crippen LogP contribution is 2.27. The molecule has 17 heavy (non-hydrogen) atoms. The fourth-order valence-corrected chi connectivity index (χ4v) is 2.97. The first-order chi connectivity index (χ1) is 8.04. The second kappa shape index (κ2) is 4.64. The molecule has 0 spiro atoms. The van der Waals surface area contributed by atoms with Crippen molar-refractivity contribution >= 4 is 15.7 Å². The van der Waals surface area contributed by atoms with Crippen LogP contribution >= 0.6 is 0 Å². The van der Waals surface area contributed by atoms with Crippen LogP contribution in [0.5, 0.6) is 0 Å². The van der Waals surface area contributed by atoms with Gasteiger partial charge < -0.3 is 10.0 Å². The van der Waals surface area contributed by atoms with Gasteiger partial charge in [0.15, 0.2) is 0 Å². The summed E-state index contributed by atoms with van der Waals surface area (Å²) in [5, 5.41) is 9.51. The molecule has 2 rings (SSSR count). The van der Waals surface area contributed by atoms with E-state index in [0.29, 0.717) is 25.2 Å². The zero-order valence-corrected chi connectivity index (χ0v) is 10.4. The van der Waals surface area contributed by atoms with Gasteiger partial charge in [-0.1, -0.05) is 12.1 Å². The molecule has 0 amide bonds. The normalized spacial score (nSPS) is 20.8. The number of rotatable bonds is 3. The van der Waals surface area contributed by atoms with E-state index in [1.165, 1.54) is 7.05 Å². The lowest BCUT2D eigenvalue weighted by Crippen LogP contribution is -2.26. The Morgan fingerprint density at radius 3 is 2.71 bits per heavy atom. The van der Waals surface area contributed by atoms with Crippen LogP contribution in [0.2, 0.25) is 0 Å². The summed E-state index contributed by atoms with van der Waals surface area (Å²) < 4.78 is 26.0. The average Bonchev–Trinajstić information content (AvgIpc) is 2.76. The summed E-state index contributed by atoms with van der Waals surface area (Å²) in [6, 6.07) is 6.84. The Morgan fingerprint density at radius 2 is 2.12 bits per heavy atom. The fraction of sp³-hybridized carbons (Fsp3) is 0.455. The highest BCUT2D eigenvalue weighted by atomic mass is 32.2. The number of benzene rings is 1. The van der Waals surface area contributed by atoms with Crippen molar-refractivity contribution in [3.8, 4) is 0 Å². The molecule has 6 heteroatoms. The van der Waals surface area contributed by atoms with Gasteiger partial charge in [0, 0.05) is 13.1 Å². The minimum Gasteiger partial charge on any atom is -0.391 e. The molecule has 0 unspecified atom stereocenters. The zero-order chi connectivity index (χ0) is 12.5. The van der Waals surface area contributed by atoms with E-state index >= 15 is 0 Å². The van der Waals surface area contributed by atoms with Gasteiger partial charge in [-0.05, 0) is 25.6 Å². The number of sulfonamides is 1. The number of β-amino-alcohol motifs (C(OH)–C–C–N with tert-alkyl or cyclic N) is 1. The van der Waals surface area contributed by atoms with Gasteiger partial charge in [-0.2, -0.15) is 0 Å². The summed E-state index contributed by atoms with van der Waals surface area (Å²) in [5.41, 5.74) is 0.651. The van der Waals surface area contributed by atoms with Gasteiger partial charge in [-0.3, -0.25) is 0 Å². The molecule has 1 fully saturated rings. The Morgan fingerprint density at radius 1 is 1.41 bits per heavy atom. The quantitative estimate of drug-likeness (QED) is 0.808. The average molecular weight is 256 g/mol. The lowest BCUT2D eigenvalue weighted by atomic mass is 10.3. The predicted molar refractivity (Wildman–Crippen MR) is 65.5 cm³/mol. The summed E-state index contributed by atoms with van der Waals surface area (Å²) in [7, 11) is -2.06. The standard InChI is InChI=1S/C11H16N2O3S/c1-12-17(15,16)11-5-3-2-4-10(11)13-7-6-9(14)8-13/h2-5,9,12,14H,6-8H2,1H3/t9-/m0/s1. The third kappa shape index (κ3) is 2.43. The van der Waals surface area contributed by atoms with Crippen molar-refractivity contribution in [1.29, 1.82) is 0 Å². The molecule has 1 saturated heterocycles. The van der Waals surface area contributed by atoms with Crippen LogP contribution in [0.15, 0.2) is 29.2 Å². The number of aliphatic hydroxyl groups is 1. The van der Waals surface area contributed by atoms with Crippen LogP contribution in [0.4, 0.5) is 5.69 Å². The van der Waals surface area contributed by atoms with Crippen molar-refractivity contribution in [2.45, 2.75) is 17.4 Å². The van der Waals surface area contributed by atoms with Crippen molar-refractivity contribution in [2.24, 2.45) is 0 Å². The molecule has 0 radical (unpaired) electrons. The van der Waals surface area contributed by atoms with E-state index in [4.69, 9.17) is 0 Å². The maximum Gasteiger partial charge on any atom is 0.242 e. The summed E-state index contributed by atoms with van der Waals surface area (Å²) in [5.74, 6) is 0. The van der Waals surface area contributed by atoms with Crippen molar-refractivity contribution in [3.05, 3.63) is 24.3 Å². The first-order valence-corrected chi connectivity index (χ1v) is 6.98. The maximum absolute atomic E-state index is 11.9. The number of para-hydroxylation sites is 1. The summed E-state index contributed by atoms with van der Waals surface area (Å²) >= 11 is 0. The van der Waals surface area contributed by atoms with E-state index < -0.39 is 10.0 Å². The van der Waals surface area contributed by atoms with E-state index in [0.717, 1.165) is 0 Å². The molecule has 94 valence electrons. The lowest BCUT2D eigenvalue weighted by Gasteiger charge is -2.21. The highest BCUT2D eigenvalue weighted by Gasteiger charge is 2.25. The van der Waals surface area contributed by atoms with Gasteiger partial charge in [0.25, 0.3) is 0 Å². The van der Waals surface area contributed by atoms with Gasteiger partial charge in [-0.25, -0.2) is 13.1 Å². The first kappa shape index (κ1) is 12.3. The SMILES string of the molecule is CNS(=O)(=O)c1ccccc1N1CC[C@H](O)C1. The molecule has 1 aromatic rings. The fourth-order valence-electron chi connectivity index (χ4n) is 2.02. The minimum absolute atomic E-state index is 0.261. The molecule has 1 aromatic carbocycles. The molecular formula is C11H16N2O3S. The summed E-state index contributed by atoms with van der Waals surface area (Å²) in [4.78, 5) is 2.16. The van der Waals surface area contributed by atoms with E-state index in [1.807, 2.05) is 4.90 Å². The number of nitrogens with zero attached hydrogens (tertiary/aromatic N) is 1. The van der Waals surface area contributed by atoms with Crippen LogP contribution in [0, 0.1) is 0 Å². The van der Waals surface area contributed by atoms with Crippen LogP contribution in [0.25, 0.3) is 0 Å². The molecule has 1 atom stereocenters. The zero-order valence-electron chi connectivity index (χ0n) is 9.63. The minimum atomic E-state index is -3.46. The second-order valence-corrected chi connectivity index (χ2v) is 5.92. The smallest absolute Gasteiger partial charge is 0.242 e. The molecule has 0 aromatic heterocycles. The first-order valence-electron chi connectivity index (χ1n) is 5.50. The Balaban J connectivity index is 2.41. The molecule has 1 heterocycles. The van der Waals surface area contributed by atoms with Crippen LogP contribution in [-0.4, -0.2) is 39.8 Å². The van der Waals surface area contributed by atoms with E-state index in [9.17, 15) is 13.5 Å². The molecule has 0 bridgehead atoms.